The minimum Gasteiger partial charge on any atom is -0.454 e. The third kappa shape index (κ3) is 4.12. The third-order valence-electron chi connectivity index (χ3n) is 4.48. The van der Waals surface area contributed by atoms with Crippen LogP contribution in [0.1, 0.15) is 35.3 Å². The Labute approximate surface area is 148 Å². The van der Waals surface area contributed by atoms with Crippen LogP contribution in [0.2, 0.25) is 0 Å². The zero-order chi connectivity index (χ0) is 17.6. The molecule has 25 heavy (non-hydrogen) atoms. The number of hydrogen-bond donors (Lipinski definition) is 1. The van der Waals surface area contributed by atoms with Crippen LogP contribution in [-0.4, -0.2) is 30.7 Å². The maximum atomic E-state index is 12.4. The fraction of sp³-hybridized carbons (Fsp3) is 0.350. The van der Waals surface area contributed by atoms with Gasteiger partial charge >= 0.3 is 0 Å². The number of ether oxygens (including phenoxy) is 2. The number of carbonyl (C=O) groups excluding carboxylic acids is 1. The lowest BCUT2D eigenvalue weighted by molar-refractivity contribution is 0.0950. The van der Waals surface area contributed by atoms with E-state index in [1.807, 2.05) is 12.1 Å². The van der Waals surface area contributed by atoms with Gasteiger partial charge in [0.25, 0.3) is 5.91 Å². The lowest BCUT2D eigenvalue weighted by Gasteiger charge is -2.20. The van der Waals surface area contributed by atoms with Crippen molar-refractivity contribution in [2.24, 2.45) is 0 Å². The number of fused-ring (bicyclic) bond motifs is 1. The Morgan fingerprint density at radius 3 is 2.52 bits per heavy atom. The van der Waals surface area contributed by atoms with E-state index in [2.05, 4.69) is 36.2 Å². The van der Waals surface area contributed by atoms with Gasteiger partial charge in [0.2, 0.25) is 6.79 Å². The molecule has 1 aliphatic heterocycles. The van der Waals surface area contributed by atoms with Crippen LogP contribution in [0.3, 0.4) is 0 Å². The topological polar surface area (TPSA) is 50.8 Å². The molecule has 5 heteroatoms. The highest BCUT2D eigenvalue weighted by Gasteiger charge is 2.16. The van der Waals surface area contributed by atoms with E-state index in [1.54, 1.807) is 18.2 Å². The van der Waals surface area contributed by atoms with Crippen molar-refractivity contribution in [1.29, 1.82) is 0 Å². The molecule has 1 aliphatic rings. The Kier molecular flexibility index (Phi) is 5.56. The molecule has 0 atom stereocenters. The van der Waals surface area contributed by atoms with Crippen molar-refractivity contribution >= 4 is 5.91 Å². The zero-order valence-corrected chi connectivity index (χ0v) is 14.7. The minimum atomic E-state index is -0.115. The quantitative estimate of drug-likeness (QED) is 0.841. The number of nitrogens with zero attached hydrogens (tertiary/aromatic N) is 1. The van der Waals surface area contributed by atoms with Crippen molar-refractivity contribution in [2.75, 3.05) is 19.9 Å². The molecule has 1 amide bonds. The van der Waals surface area contributed by atoms with Crippen LogP contribution in [0.4, 0.5) is 0 Å². The highest BCUT2D eigenvalue weighted by molar-refractivity contribution is 5.94. The summed E-state index contributed by atoms with van der Waals surface area (Å²) >= 11 is 0. The molecule has 2 aromatic carbocycles. The van der Waals surface area contributed by atoms with Crippen molar-refractivity contribution in [3.05, 3.63) is 59.2 Å². The van der Waals surface area contributed by atoms with Crippen LogP contribution in [0, 0.1) is 0 Å². The molecule has 5 nitrogen and oxygen atoms in total. The normalized spacial score (nSPS) is 12.4. The Morgan fingerprint density at radius 1 is 1.04 bits per heavy atom. The molecule has 0 aliphatic carbocycles. The molecular formula is C20H24N2O3. The fourth-order valence-electron chi connectivity index (χ4n) is 2.89. The van der Waals surface area contributed by atoms with Gasteiger partial charge in [-0.05, 0) is 42.4 Å². The summed E-state index contributed by atoms with van der Waals surface area (Å²) in [5, 5.41) is 3.00. The van der Waals surface area contributed by atoms with Gasteiger partial charge in [-0.1, -0.05) is 38.1 Å². The number of hydrogen-bond acceptors (Lipinski definition) is 4. The summed E-state index contributed by atoms with van der Waals surface area (Å²) in [4.78, 5) is 14.8. The molecule has 2 aromatic rings. The summed E-state index contributed by atoms with van der Waals surface area (Å²) in [7, 11) is 0. The predicted octanol–water partition coefficient (Wildman–Crippen LogP) is 3.19. The number of nitrogens with one attached hydrogen (secondary N) is 1. The van der Waals surface area contributed by atoms with Gasteiger partial charge in [-0.15, -0.1) is 0 Å². The number of rotatable bonds is 7. The van der Waals surface area contributed by atoms with E-state index in [1.165, 1.54) is 5.56 Å². The van der Waals surface area contributed by atoms with Gasteiger partial charge in [-0.25, -0.2) is 0 Å². The minimum absolute atomic E-state index is 0.115. The molecule has 0 fully saturated rings. The van der Waals surface area contributed by atoms with Gasteiger partial charge < -0.3 is 14.8 Å². The fourth-order valence-corrected chi connectivity index (χ4v) is 2.89. The van der Waals surface area contributed by atoms with Crippen molar-refractivity contribution in [2.45, 2.75) is 26.9 Å². The number of carbonyl (C=O) groups is 1. The van der Waals surface area contributed by atoms with E-state index in [4.69, 9.17) is 9.47 Å². The molecule has 0 spiro atoms. The van der Waals surface area contributed by atoms with Gasteiger partial charge in [0, 0.05) is 18.7 Å². The predicted molar refractivity (Wildman–Crippen MR) is 96.8 cm³/mol. The molecule has 1 N–H and O–H groups in total. The first-order valence-corrected chi connectivity index (χ1v) is 8.68. The molecular weight excluding hydrogens is 316 g/mol. The number of amides is 1. The highest BCUT2D eigenvalue weighted by atomic mass is 16.7. The maximum Gasteiger partial charge on any atom is 0.251 e. The van der Waals surface area contributed by atoms with E-state index >= 15 is 0 Å². The standard InChI is InChI=1S/C20H24N2O3/c1-3-22(4-2)13-17-8-6-5-7-16(17)12-21-20(23)15-9-10-18-19(11-15)25-14-24-18/h5-11H,3-4,12-14H2,1-2H3,(H,21,23). The van der Waals surface area contributed by atoms with Crippen molar-refractivity contribution in [3.63, 3.8) is 0 Å². The van der Waals surface area contributed by atoms with E-state index in [9.17, 15) is 4.79 Å². The lowest BCUT2D eigenvalue weighted by Crippen LogP contribution is -2.26. The Hall–Kier alpha value is -2.53. The summed E-state index contributed by atoms with van der Waals surface area (Å²) < 4.78 is 10.6. The van der Waals surface area contributed by atoms with Crippen LogP contribution >= 0.6 is 0 Å². The lowest BCUT2D eigenvalue weighted by atomic mass is 10.1. The summed E-state index contributed by atoms with van der Waals surface area (Å²) in [6.07, 6.45) is 0. The average Bonchev–Trinajstić information content (AvgIpc) is 3.12. The first-order valence-electron chi connectivity index (χ1n) is 8.68. The first kappa shape index (κ1) is 17.3. The summed E-state index contributed by atoms with van der Waals surface area (Å²) in [6, 6.07) is 13.5. The second kappa shape index (κ2) is 8.03. The van der Waals surface area contributed by atoms with Crippen LogP contribution in [-0.2, 0) is 13.1 Å². The molecule has 0 aromatic heterocycles. The Bertz CT molecular complexity index is 741. The molecule has 0 saturated carbocycles. The summed E-state index contributed by atoms with van der Waals surface area (Å²) in [5.74, 6) is 1.19. The Balaban J connectivity index is 1.66. The molecule has 0 radical (unpaired) electrons. The highest BCUT2D eigenvalue weighted by Crippen LogP contribution is 2.32. The smallest absolute Gasteiger partial charge is 0.251 e. The molecule has 3 rings (SSSR count). The molecule has 132 valence electrons. The zero-order valence-electron chi connectivity index (χ0n) is 14.7. The second-order valence-electron chi connectivity index (χ2n) is 5.98. The first-order chi connectivity index (χ1) is 12.2. The third-order valence-corrected chi connectivity index (χ3v) is 4.48. The van der Waals surface area contributed by atoms with Gasteiger partial charge in [0.15, 0.2) is 11.5 Å². The Morgan fingerprint density at radius 2 is 1.76 bits per heavy atom. The van der Waals surface area contributed by atoms with Crippen LogP contribution in [0.25, 0.3) is 0 Å². The van der Waals surface area contributed by atoms with Gasteiger partial charge in [0.1, 0.15) is 0 Å². The van der Waals surface area contributed by atoms with Crippen molar-refractivity contribution in [1.82, 2.24) is 10.2 Å². The van der Waals surface area contributed by atoms with Crippen LogP contribution < -0.4 is 14.8 Å². The monoisotopic (exact) mass is 340 g/mol. The SMILES string of the molecule is CCN(CC)Cc1ccccc1CNC(=O)c1ccc2c(c1)OCO2. The van der Waals surface area contributed by atoms with E-state index in [0.717, 1.165) is 25.2 Å². The van der Waals surface area contributed by atoms with Gasteiger partial charge in [-0.3, -0.25) is 9.69 Å². The summed E-state index contributed by atoms with van der Waals surface area (Å²) in [5.41, 5.74) is 2.96. The number of benzene rings is 2. The van der Waals surface area contributed by atoms with E-state index < -0.39 is 0 Å². The van der Waals surface area contributed by atoms with E-state index in [0.29, 0.717) is 23.6 Å². The van der Waals surface area contributed by atoms with Crippen molar-refractivity contribution < 1.29 is 14.3 Å². The largest absolute Gasteiger partial charge is 0.454 e. The van der Waals surface area contributed by atoms with E-state index in [-0.39, 0.29) is 12.7 Å². The van der Waals surface area contributed by atoms with Crippen LogP contribution in [0.15, 0.2) is 42.5 Å². The van der Waals surface area contributed by atoms with Gasteiger partial charge in [0.05, 0.1) is 0 Å². The van der Waals surface area contributed by atoms with Crippen molar-refractivity contribution in [3.8, 4) is 11.5 Å². The second-order valence-corrected chi connectivity index (χ2v) is 5.98. The average molecular weight is 340 g/mol. The van der Waals surface area contributed by atoms with Crippen LogP contribution in [0.5, 0.6) is 11.5 Å². The maximum absolute atomic E-state index is 12.4. The summed E-state index contributed by atoms with van der Waals surface area (Å²) in [6.45, 7) is 7.94. The molecule has 0 unspecified atom stereocenters. The molecule has 1 heterocycles. The molecule has 0 bridgehead atoms. The molecule has 0 saturated heterocycles. The van der Waals surface area contributed by atoms with Gasteiger partial charge in [-0.2, -0.15) is 0 Å².